The van der Waals surface area contributed by atoms with E-state index in [0.29, 0.717) is 57.3 Å². The molecule has 0 radical (unpaired) electrons. The number of Topliss-reactive ketones (excluding diaryl/α,β-unsaturated/α-hetero) is 2. The number of carbonyl (C=O) groups is 2. The van der Waals surface area contributed by atoms with Crippen molar-refractivity contribution in [1.82, 2.24) is 0 Å². The lowest BCUT2D eigenvalue weighted by Gasteiger charge is -2.16. The number of rotatable bonds is 15. The molecule has 1 aromatic rings. The summed E-state index contributed by atoms with van der Waals surface area (Å²) in [6, 6.07) is 8.56. The Morgan fingerprint density at radius 2 is 1.25 bits per heavy atom. The minimum absolute atomic E-state index is 0.249. The molecule has 0 aliphatic carbocycles. The molecule has 0 aliphatic heterocycles. The van der Waals surface area contributed by atoms with Crippen LogP contribution in [0.5, 0.6) is 0 Å². The van der Waals surface area contributed by atoms with Crippen LogP contribution in [0.3, 0.4) is 0 Å². The molecule has 4 nitrogen and oxygen atoms in total. The highest BCUT2D eigenvalue weighted by molar-refractivity contribution is 5.83. The van der Waals surface area contributed by atoms with Gasteiger partial charge in [0, 0.05) is 37.9 Å². The Morgan fingerprint density at radius 3 is 1.68 bits per heavy atom. The van der Waals surface area contributed by atoms with E-state index >= 15 is 0 Å². The summed E-state index contributed by atoms with van der Waals surface area (Å²) in [5, 5.41) is 0. The molecule has 0 saturated heterocycles. The zero-order chi connectivity index (χ0) is 20.8. The maximum Gasteiger partial charge on any atom is 0.138 e. The third-order valence-electron chi connectivity index (χ3n) is 4.76. The number of benzene rings is 1. The minimum Gasteiger partial charge on any atom is -0.381 e. The highest BCUT2D eigenvalue weighted by atomic mass is 16.5. The third-order valence-corrected chi connectivity index (χ3v) is 4.76. The van der Waals surface area contributed by atoms with Crippen LogP contribution in [-0.4, -0.2) is 38.0 Å². The fraction of sp³-hybridized carbons (Fsp3) is 0.667. The second kappa shape index (κ2) is 13.6. The van der Waals surface area contributed by atoms with E-state index < -0.39 is 0 Å². The average molecular weight is 391 g/mol. The smallest absolute Gasteiger partial charge is 0.138 e. The van der Waals surface area contributed by atoms with Crippen LogP contribution in [0.1, 0.15) is 70.9 Å². The maximum atomic E-state index is 11.8. The van der Waals surface area contributed by atoms with E-state index in [-0.39, 0.29) is 5.41 Å². The van der Waals surface area contributed by atoms with Gasteiger partial charge >= 0.3 is 0 Å². The van der Waals surface area contributed by atoms with Crippen molar-refractivity contribution in [3.05, 3.63) is 35.4 Å². The zero-order valence-corrected chi connectivity index (χ0v) is 18.2. The molecule has 0 atom stereocenters. The Kier molecular flexibility index (Phi) is 11.9. The van der Waals surface area contributed by atoms with Crippen molar-refractivity contribution < 1.29 is 19.1 Å². The molecule has 158 valence electrons. The monoisotopic (exact) mass is 390 g/mol. The quantitative estimate of drug-likeness (QED) is 0.397. The summed E-state index contributed by atoms with van der Waals surface area (Å²) in [6.07, 6.45) is 5.22. The third kappa shape index (κ3) is 11.4. The van der Waals surface area contributed by atoms with Gasteiger partial charge in [-0.05, 0) is 36.8 Å². The van der Waals surface area contributed by atoms with Gasteiger partial charge < -0.3 is 9.47 Å². The highest BCUT2D eigenvalue weighted by Gasteiger charge is 2.19. The normalized spacial score (nSPS) is 11.6. The van der Waals surface area contributed by atoms with Crippen LogP contribution in [-0.2, 0) is 31.9 Å². The van der Waals surface area contributed by atoms with Crippen LogP contribution in [0.2, 0.25) is 0 Å². The Morgan fingerprint density at radius 1 is 0.786 bits per heavy atom. The molecule has 1 aromatic carbocycles. The molecular weight excluding hydrogens is 352 g/mol. The van der Waals surface area contributed by atoms with E-state index in [9.17, 15) is 9.59 Å². The molecule has 0 aromatic heterocycles. The first-order valence-electron chi connectivity index (χ1n) is 10.6. The second-order valence-electron chi connectivity index (χ2n) is 8.31. The zero-order valence-electron chi connectivity index (χ0n) is 18.2. The first-order valence-corrected chi connectivity index (χ1v) is 10.6. The van der Waals surface area contributed by atoms with Crippen molar-refractivity contribution in [3.63, 3.8) is 0 Å². The summed E-state index contributed by atoms with van der Waals surface area (Å²) in [7, 11) is 0. The van der Waals surface area contributed by atoms with E-state index in [1.807, 2.05) is 27.7 Å². The minimum atomic E-state index is -0.249. The van der Waals surface area contributed by atoms with Crippen molar-refractivity contribution in [2.45, 2.75) is 72.6 Å². The molecule has 0 N–H and O–H groups in total. The van der Waals surface area contributed by atoms with Crippen LogP contribution < -0.4 is 0 Å². The van der Waals surface area contributed by atoms with Gasteiger partial charge in [0.2, 0.25) is 0 Å². The standard InChI is InChI=1S/C24H38O4/c1-5-22(25)8-6-16-27-18-14-20-10-12-21(13-11-20)15-19-28-17-7-9-23(26)24(2,3)4/h10-13H,5-9,14-19H2,1-4H3. The van der Waals surface area contributed by atoms with Gasteiger partial charge in [0.25, 0.3) is 0 Å². The van der Waals surface area contributed by atoms with Crippen molar-refractivity contribution in [3.8, 4) is 0 Å². The summed E-state index contributed by atoms with van der Waals surface area (Å²) < 4.78 is 11.3. The number of ether oxygens (including phenoxy) is 2. The van der Waals surface area contributed by atoms with Gasteiger partial charge in [-0.3, -0.25) is 9.59 Å². The first kappa shape index (κ1) is 24.5. The van der Waals surface area contributed by atoms with Crippen molar-refractivity contribution in [1.29, 1.82) is 0 Å². The van der Waals surface area contributed by atoms with Gasteiger partial charge in [0.15, 0.2) is 0 Å². The number of hydrogen-bond acceptors (Lipinski definition) is 4. The lowest BCUT2D eigenvalue weighted by molar-refractivity contribution is -0.126. The van der Waals surface area contributed by atoms with Crippen LogP contribution in [0.25, 0.3) is 0 Å². The molecule has 0 spiro atoms. The molecule has 0 bridgehead atoms. The summed E-state index contributed by atoms with van der Waals surface area (Å²) in [5.74, 6) is 0.603. The van der Waals surface area contributed by atoms with Gasteiger partial charge in [0.05, 0.1) is 13.2 Å². The predicted molar refractivity (Wildman–Crippen MR) is 114 cm³/mol. The number of ketones is 2. The first-order chi connectivity index (χ1) is 13.3. The van der Waals surface area contributed by atoms with Crippen LogP contribution in [0.15, 0.2) is 24.3 Å². The molecule has 0 saturated carbocycles. The SMILES string of the molecule is CCC(=O)CCCOCCc1ccc(CCOCCCC(=O)C(C)(C)C)cc1. The van der Waals surface area contributed by atoms with Gasteiger partial charge in [-0.15, -0.1) is 0 Å². The predicted octanol–water partition coefficient (Wildman–Crippen LogP) is 4.96. The van der Waals surface area contributed by atoms with Gasteiger partial charge in [-0.25, -0.2) is 0 Å². The van der Waals surface area contributed by atoms with Gasteiger partial charge in [-0.2, -0.15) is 0 Å². The second-order valence-corrected chi connectivity index (χ2v) is 8.31. The molecule has 0 unspecified atom stereocenters. The lowest BCUT2D eigenvalue weighted by Crippen LogP contribution is -2.20. The summed E-state index contributed by atoms with van der Waals surface area (Å²) in [5.41, 5.74) is 2.27. The van der Waals surface area contributed by atoms with E-state index in [4.69, 9.17) is 9.47 Å². The molecule has 1 rings (SSSR count). The van der Waals surface area contributed by atoms with Crippen LogP contribution >= 0.6 is 0 Å². The molecule has 4 heteroatoms. The molecule has 0 aliphatic rings. The Labute approximate surface area is 171 Å². The van der Waals surface area contributed by atoms with E-state index in [1.165, 1.54) is 11.1 Å². The van der Waals surface area contributed by atoms with Gasteiger partial charge in [0.1, 0.15) is 11.6 Å². The van der Waals surface area contributed by atoms with Gasteiger partial charge in [-0.1, -0.05) is 52.0 Å². The fourth-order valence-electron chi connectivity index (χ4n) is 2.71. The van der Waals surface area contributed by atoms with E-state index in [1.54, 1.807) is 0 Å². The fourth-order valence-corrected chi connectivity index (χ4v) is 2.71. The van der Waals surface area contributed by atoms with Crippen molar-refractivity contribution in [2.75, 3.05) is 26.4 Å². The largest absolute Gasteiger partial charge is 0.381 e. The topological polar surface area (TPSA) is 52.6 Å². The van der Waals surface area contributed by atoms with E-state index in [0.717, 1.165) is 25.7 Å². The van der Waals surface area contributed by atoms with Crippen molar-refractivity contribution in [2.24, 2.45) is 5.41 Å². The molecular formula is C24H38O4. The lowest BCUT2D eigenvalue weighted by atomic mass is 9.88. The van der Waals surface area contributed by atoms with Crippen LogP contribution in [0.4, 0.5) is 0 Å². The summed E-state index contributed by atoms with van der Waals surface area (Å²) in [6.45, 7) is 10.4. The van der Waals surface area contributed by atoms with Crippen LogP contribution in [0, 0.1) is 5.41 Å². The Hall–Kier alpha value is -1.52. The molecule has 0 fully saturated rings. The number of hydrogen-bond donors (Lipinski definition) is 0. The van der Waals surface area contributed by atoms with Crippen molar-refractivity contribution >= 4 is 11.6 Å². The maximum absolute atomic E-state index is 11.8. The summed E-state index contributed by atoms with van der Waals surface area (Å²) >= 11 is 0. The number of carbonyl (C=O) groups excluding carboxylic acids is 2. The summed E-state index contributed by atoms with van der Waals surface area (Å²) in [4.78, 5) is 23.0. The molecule has 0 amide bonds. The molecule has 28 heavy (non-hydrogen) atoms. The Balaban J connectivity index is 2.08. The van der Waals surface area contributed by atoms with E-state index in [2.05, 4.69) is 24.3 Å². The molecule has 0 heterocycles. The average Bonchev–Trinajstić information content (AvgIpc) is 2.67. The Bertz CT molecular complexity index is 569. The highest BCUT2D eigenvalue weighted by Crippen LogP contribution is 2.17.